The van der Waals surface area contributed by atoms with Gasteiger partial charge in [0.25, 0.3) is 0 Å². The number of nitrogens with zero attached hydrogens (tertiary/aromatic N) is 2. The molecule has 1 N–H and O–H groups in total. The van der Waals surface area contributed by atoms with Crippen LogP contribution in [-0.4, -0.2) is 65.3 Å². The van der Waals surface area contributed by atoms with Crippen LogP contribution in [0.15, 0.2) is 42.5 Å². The van der Waals surface area contributed by atoms with Crippen molar-refractivity contribution in [2.75, 3.05) is 32.8 Å². The number of benzene rings is 2. The molecule has 2 amide bonds. The first-order chi connectivity index (χ1) is 15.8. The lowest BCUT2D eigenvalue weighted by atomic mass is 9.95. The van der Waals surface area contributed by atoms with E-state index in [-0.39, 0.29) is 18.6 Å². The Balaban J connectivity index is 1.54. The molecule has 2 aromatic carbocycles. The molecule has 0 radical (unpaired) electrons. The largest absolute Gasteiger partial charge is 0.444 e. The van der Waals surface area contributed by atoms with Crippen LogP contribution < -0.4 is 0 Å². The van der Waals surface area contributed by atoms with E-state index in [4.69, 9.17) is 9.84 Å². The predicted octanol–water partition coefficient (Wildman–Crippen LogP) is 4.63. The topological polar surface area (TPSA) is 70.1 Å². The quantitative estimate of drug-likeness (QED) is 0.591. The first kappa shape index (κ1) is 25.0. The lowest BCUT2D eigenvalue weighted by Crippen LogP contribution is -2.44. The molecule has 6 heteroatoms. The van der Waals surface area contributed by atoms with Crippen LogP contribution >= 0.6 is 0 Å². The molecule has 0 atom stereocenters. The number of aliphatic hydroxyl groups is 1. The van der Waals surface area contributed by atoms with Crippen LogP contribution in [0.4, 0.5) is 4.79 Å². The summed E-state index contributed by atoms with van der Waals surface area (Å²) in [5.74, 6) is 0.505. The minimum Gasteiger partial charge on any atom is -0.444 e. The highest BCUT2D eigenvalue weighted by atomic mass is 16.6. The molecular weight excluding hydrogens is 416 g/mol. The third-order valence-corrected chi connectivity index (χ3v) is 6.16. The van der Waals surface area contributed by atoms with Gasteiger partial charge >= 0.3 is 6.09 Å². The third kappa shape index (κ3) is 7.46. The highest BCUT2D eigenvalue weighted by Crippen LogP contribution is 2.23. The number of piperidine rings is 1. The van der Waals surface area contributed by atoms with E-state index in [9.17, 15) is 9.59 Å². The Labute approximate surface area is 197 Å². The normalized spacial score (nSPS) is 15.0. The van der Waals surface area contributed by atoms with Gasteiger partial charge in [0, 0.05) is 32.8 Å². The summed E-state index contributed by atoms with van der Waals surface area (Å²) in [6.45, 7) is 8.38. The van der Waals surface area contributed by atoms with E-state index in [0.29, 0.717) is 44.9 Å². The van der Waals surface area contributed by atoms with Crippen LogP contribution in [0.1, 0.15) is 52.0 Å². The van der Waals surface area contributed by atoms with Crippen molar-refractivity contribution in [3.05, 3.63) is 48.0 Å². The number of fused-ring (bicyclic) bond motifs is 1. The maximum absolute atomic E-state index is 13.0. The average Bonchev–Trinajstić information content (AvgIpc) is 2.78. The van der Waals surface area contributed by atoms with Gasteiger partial charge in [0.2, 0.25) is 5.91 Å². The maximum Gasteiger partial charge on any atom is 0.410 e. The number of carbonyl (C=O) groups excluding carboxylic acids is 2. The minimum absolute atomic E-state index is 0.124. The Morgan fingerprint density at radius 1 is 1.06 bits per heavy atom. The molecule has 0 spiro atoms. The average molecular weight is 455 g/mol. The van der Waals surface area contributed by atoms with E-state index in [0.717, 1.165) is 35.6 Å². The van der Waals surface area contributed by atoms with Gasteiger partial charge in [0.05, 0.1) is 6.42 Å². The van der Waals surface area contributed by atoms with E-state index < -0.39 is 5.60 Å². The van der Waals surface area contributed by atoms with Crippen LogP contribution in [0.25, 0.3) is 10.8 Å². The van der Waals surface area contributed by atoms with Crippen molar-refractivity contribution in [2.24, 2.45) is 5.92 Å². The summed E-state index contributed by atoms with van der Waals surface area (Å²) in [6.07, 6.45) is 3.28. The van der Waals surface area contributed by atoms with Gasteiger partial charge in [0.15, 0.2) is 0 Å². The fraction of sp³-hybridized carbons (Fsp3) is 0.556. The molecule has 1 aliphatic rings. The van der Waals surface area contributed by atoms with Crippen LogP contribution in [-0.2, 0) is 16.0 Å². The van der Waals surface area contributed by atoms with Crippen molar-refractivity contribution in [2.45, 2.75) is 58.5 Å². The molecule has 6 nitrogen and oxygen atoms in total. The Kier molecular flexibility index (Phi) is 8.73. The van der Waals surface area contributed by atoms with Gasteiger partial charge in [0.1, 0.15) is 5.60 Å². The second-order valence-corrected chi connectivity index (χ2v) is 10.00. The second-order valence-electron chi connectivity index (χ2n) is 10.00. The van der Waals surface area contributed by atoms with E-state index in [1.807, 2.05) is 49.9 Å². The van der Waals surface area contributed by atoms with Gasteiger partial charge in [-0.05, 0) is 68.7 Å². The highest BCUT2D eigenvalue weighted by Gasteiger charge is 2.28. The molecule has 33 heavy (non-hydrogen) atoms. The number of likely N-dealkylation sites (tertiary alicyclic amines) is 1. The standard InChI is InChI=1S/C27H38N2O4/c1-27(2,3)33-26(32)29(15-6-7-18-30)20-21-13-16-28(17-14-21)25(31)19-23-11-8-10-22-9-4-5-12-24(22)23/h4-5,8-12,21,30H,6-7,13-20H2,1-3H3. The number of hydrogen-bond acceptors (Lipinski definition) is 4. The fourth-order valence-corrected chi connectivity index (χ4v) is 4.40. The molecule has 0 bridgehead atoms. The molecule has 3 rings (SSSR count). The van der Waals surface area contributed by atoms with Crippen molar-refractivity contribution in [1.29, 1.82) is 0 Å². The molecule has 0 saturated carbocycles. The Bertz CT molecular complexity index is 924. The Morgan fingerprint density at radius 2 is 1.76 bits per heavy atom. The summed E-state index contributed by atoms with van der Waals surface area (Å²) in [7, 11) is 0. The first-order valence-electron chi connectivity index (χ1n) is 12.1. The monoisotopic (exact) mass is 454 g/mol. The zero-order valence-electron chi connectivity index (χ0n) is 20.3. The summed E-state index contributed by atoms with van der Waals surface area (Å²) in [6, 6.07) is 14.3. The predicted molar refractivity (Wildman–Crippen MR) is 131 cm³/mol. The molecule has 0 aromatic heterocycles. The first-order valence-corrected chi connectivity index (χ1v) is 12.1. The van der Waals surface area contributed by atoms with E-state index >= 15 is 0 Å². The van der Waals surface area contributed by atoms with Crippen LogP contribution in [0, 0.1) is 5.92 Å². The third-order valence-electron chi connectivity index (χ3n) is 6.16. The summed E-state index contributed by atoms with van der Waals surface area (Å²) in [5, 5.41) is 11.4. The highest BCUT2D eigenvalue weighted by molar-refractivity contribution is 5.90. The molecule has 1 aliphatic heterocycles. The number of unbranched alkanes of at least 4 members (excludes halogenated alkanes) is 1. The van der Waals surface area contributed by atoms with Gasteiger partial charge in [-0.3, -0.25) is 4.79 Å². The fourth-order valence-electron chi connectivity index (χ4n) is 4.40. The van der Waals surface area contributed by atoms with Crippen molar-refractivity contribution < 1.29 is 19.4 Å². The number of amides is 2. The summed E-state index contributed by atoms with van der Waals surface area (Å²) < 4.78 is 5.59. The smallest absolute Gasteiger partial charge is 0.410 e. The van der Waals surface area contributed by atoms with E-state index in [1.165, 1.54) is 0 Å². The van der Waals surface area contributed by atoms with Gasteiger partial charge in [-0.2, -0.15) is 0 Å². The van der Waals surface area contributed by atoms with E-state index in [1.54, 1.807) is 4.90 Å². The van der Waals surface area contributed by atoms with E-state index in [2.05, 4.69) is 18.2 Å². The van der Waals surface area contributed by atoms with Gasteiger partial charge in [-0.15, -0.1) is 0 Å². The number of carbonyl (C=O) groups is 2. The lowest BCUT2D eigenvalue weighted by Gasteiger charge is -2.35. The lowest BCUT2D eigenvalue weighted by molar-refractivity contribution is -0.131. The van der Waals surface area contributed by atoms with Crippen molar-refractivity contribution in [3.63, 3.8) is 0 Å². The molecular formula is C27H38N2O4. The van der Waals surface area contributed by atoms with Crippen LogP contribution in [0.5, 0.6) is 0 Å². The number of rotatable bonds is 8. The van der Waals surface area contributed by atoms with Gasteiger partial charge in [-0.25, -0.2) is 4.79 Å². The van der Waals surface area contributed by atoms with Gasteiger partial charge < -0.3 is 19.6 Å². The van der Waals surface area contributed by atoms with Crippen molar-refractivity contribution in [3.8, 4) is 0 Å². The Morgan fingerprint density at radius 3 is 2.45 bits per heavy atom. The zero-order valence-corrected chi connectivity index (χ0v) is 20.3. The maximum atomic E-state index is 13.0. The van der Waals surface area contributed by atoms with Gasteiger partial charge in [-0.1, -0.05) is 42.5 Å². The van der Waals surface area contributed by atoms with Crippen molar-refractivity contribution >= 4 is 22.8 Å². The molecule has 1 fully saturated rings. The second kappa shape index (κ2) is 11.5. The summed E-state index contributed by atoms with van der Waals surface area (Å²) >= 11 is 0. The molecule has 1 saturated heterocycles. The SMILES string of the molecule is CC(C)(C)OC(=O)N(CCCCO)CC1CCN(C(=O)Cc2cccc3ccccc23)CC1. The molecule has 180 valence electrons. The molecule has 1 heterocycles. The van der Waals surface area contributed by atoms with Crippen LogP contribution in [0.2, 0.25) is 0 Å². The number of ether oxygens (including phenoxy) is 1. The zero-order chi connectivity index (χ0) is 23.8. The van der Waals surface area contributed by atoms with Crippen molar-refractivity contribution in [1.82, 2.24) is 9.80 Å². The number of hydrogen-bond donors (Lipinski definition) is 1. The minimum atomic E-state index is -0.538. The molecule has 0 unspecified atom stereocenters. The summed E-state index contributed by atoms with van der Waals surface area (Å²) in [5.41, 5.74) is 0.532. The number of aliphatic hydroxyl groups excluding tert-OH is 1. The Hall–Kier alpha value is -2.60. The summed E-state index contributed by atoms with van der Waals surface area (Å²) in [4.78, 5) is 29.4. The molecule has 2 aromatic rings. The molecule has 0 aliphatic carbocycles. The van der Waals surface area contributed by atoms with Crippen LogP contribution in [0.3, 0.4) is 0 Å².